The summed E-state index contributed by atoms with van der Waals surface area (Å²) in [6, 6.07) is -0.401. The summed E-state index contributed by atoms with van der Waals surface area (Å²) in [6.45, 7) is 2.53. The monoisotopic (exact) mass is 225 g/mol. The van der Waals surface area contributed by atoms with Crippen LogP contribution in [-0.4, -0.2) is 33.3 Å². The quantitative estimate of drug-likeness (QED) is 0.690. The lowest BCUT2D eigenvalue weighted by atomic mass is 10.2. The van der Waals surface area contributed by atoms with Gasteiger partial charge in [0.05, 0.1) is 6.04 Å². The van der Waals surface area contributed by atoms with Gasteiger partial charge in [0.2, 0.25) is 5.91 Å². The largest absolute Gasteiger partial charge is 0.354 e. The molecule has 1 amide bonds. The number of hydrogen-bond donors (Lipinski definition) is 2. The fraction of sp³-hybridized carbons (Fsp3) is 0.700. The average molecular weight is 225 g/mol. The summed E-state index contributed by atoms with van der Waals surface area (Å²) in [6.07, 6.45) is 3.90. The summed E-state index contributed by atoms with van der Waals surface area (Å²) in [5.74, 6) is 0.629. The predicted octanol–water partition coefficient (Wildman–Crippen LogP) is -0.399. The molecule has 3 N–H and O–H groups in total. The summed E-state index contributed by atoms with van der Waals surface area (Å²) < 4.78 is 1.64. The van der Waals surface area contributed by atoms with Crippen molar-refractivity contribution >= 4 is 5.91 Å². The molecule has 0 bridgehead atoms. The van der Waals surface area contributed by atoms with Gasteiger partial charge in [0.1, 0.15) is 6.33 Å². The Bertz CT molecular complexity index is 336. The molecule has 0 aromatic carbocycles. The lowest BCUT2D eigenvalue weighted by Gasteiger charge is -2.10. The van der Waals surface area contributed by atoms with E-state index >= 15 is 0 Å². The van der Waals surface area contributed by atoms with Gasteiger partial charge < -0.3 is 11.1 Å². The van der Waals surface area contributed by atoms with Crippen molar-refractivity contribution < 1.29 is 4.79 Å². The Hall–Kier alpha value is -1.43. The smallest absolute Gasteiger partial charge is 0.236 e. The molecular weight excluding hydrogens is 206 g/mol. The van der Waals surface area contributed by atoms with Crippen molar-refractivity contribution in [1.29, 1.82) is 0 Å². The van der Waals surface area contributed by atoms with E-state index in [-0.39, 0.29) is 5.91 Å². The van der Waals surface area contributed by atoms with E-state index in [0.29, 0.717) is 19.4 Å². The number of nitrogens with zero attached hydrogens (tertiary/aromatic N) is 3. The third kappa shape index (κ3) is 3.98. The normalized spacial score (nSPS) is 12.4. The van der Waals surface area contributed by atoms with Crippen LogP contribution in [0.15, 0.2) is 6.33 Å². The van der Waals surface area contributed by atoms with Gasteiger partial charge in [-0.25, -0.2) is 4.98 Å². The van der Waals surface area contributed by atoms with Gasteiger partial charge in [-0.05, 0) is 6.42 Å². The number of hydrogen-bond acceptors (Lipinski definition) is 4. The van der Waals surface area contributed by atoms with Gasteiger partial charge in [-0.1, -0.05) is 13.3 Å². The highest BCUT2D eigenvalue weighted by atomic mass is 16.2. The highest BCUT2D eigenvalue weighted by molar-refractivity contribution is 5.81. The van der Waals surface area contributed by atoms with E-state index < -0.39 is 6.04 Å². The van der Waals surface area contributed by atoms with Crippen LogP contribution >= 0.6 is 0 Å². The first-order valence-electron chi connectivity index (χ1n) is 5.51. The molecule has 1 aromatic heterocycles. The van der Waals surface area contributed by atoms with Crippen LogP contribution in [0, 0.1) is 0 Å². The fourth-order valence-electron chi connectivity index (χ4n) is 1.37. The Morgan fingerprint density at radius 3 is 3.00 bits per heavy atom. The molecule has 1 rings (SSSR count). The van der Waals surface area contributed by atoms with E-state index in [2.05, 4.69) is 15.4 Å². The molecule has 0 saturated carbocycles. The third-order valence-electron chi connectivity index (χ3n) is 2.23. The number of nitrogens with two attached hydrogens (primary N) is 1. The number of aromatic nitrogens is 3. The number of rotatable bonds is 6. The van der Waals surface area contributed by atoms with Gasteiger partial charge in [-0.2, -0.15) is 5.10 Å². The van der Waals surface area contributed by atoms with Gasteiger partial charge in [0.25, 0.3) is 0 Å². The van der Waals surface area contributed by atoms with Gasteiger partial charge in [-0.15, -0.1) is 0 Å². The van der Waals surface area contributed by atoms with E-state index in [4.69, 9.17) is 5.73 Å². The van der Waals surface area contributed by atoms with Crippen LogP contribution in [0.25, 0.3) is 0 Å². The molecule has 0 saturated heterocycles. The summed E-state index contributed by atoms with van der Waals surface area (Å²) in [7, 11) is 1.81. The van der Waals surface area contributed by atoms with Crippen LogP contribution < -0.4 is 11.1 Å². The second-order valence-electron chi connectivity index (χ2n) is 3.77. The first-order chi connectivity index (χ1) is 7.63. The average Bonchev–Trinajstić information content (AvgIpc) is 2.64. The fourth-order valence-corrected chi connectivity index (χ4v) is 1.37. The number of carbonyl (C=O) groups is 1. The highest BCUT2D eigenvalue weighted by Crippen LogP contribution is 1.93. The molecule has 0 radical (unpaired) electrons. The summed E-state index contributed by atoms with van der Waals surface area (Å²) in [4.78, 5) is 15.5. The van der Waals surface area contributed by atoms with Crippen LogP contribution in [0.5, 0.6) is 0 Å². The minimum absolute atomic E-state index is 0.0993. The van der Waals surface area contributed by atoms with E-state index in [1.54, 1.807) is 11.0 Å². The summed E-state index contributed by atoms with van der Waals surface area (Å²) in [5, 5.41) is 6.88. The van der Waals surface area contributed by atoms with Crippen molar-refractivity contribution in [3.05, 3.63) is 12.2 Å². The predicted molar refractivity (Wildman–Crippen MR) is 60.6 cm³/mol. The lowest BCUT2D eigenvalue weighted by Crippen LogP contribution is -2.41. The Kier molecular flexibility index (Phi) is 4.91. The maximum atomic E-state index is 11.4. The molecule has 1 unspecified atom stereocenters. The van der Waals surface area contributed by atoms with E-state index in [9.17, 15) is 4.79 Å². The lowest BCUT2D eigenvalue weighted by molar-refractivity contribution is -0.122. The maximum Gasteiger partial charge on any atom is 0.236 e. The first-order valence-corrected chi connectivity index (χ1v) is 5.51. The van der Waals surface area contributed by atoms with Crippen molar-refractivity contribution in [2.75, 3.05) is 6.54 Å². The molecule has 6 nitrogen and oxygen atoms in total. The zero-order valence-electron chi connectivity index (χ0n) is 9.81. The van der Waals surface area contributed by atoms with Crippen molar-refractivity contribution in [2.24, 2.45) is 12.8 Å². The van der Waals surface area contributed by atoms with E-state index in [1.165, 1.54) is 0 Å². The molecule has 6 heteroatoms. The van der Waals surface area contributed by atoms with Crippen LogP contribution in [0.4, 0.5) is 0 Å². The van der Waals surface area contributed by atoms with Gasteiger partial charge in [0, 0.05) is 20.0 Å². The minimum Gasteiger partial charge on any atom is -0.354 e. The maximum absolute atomic E-state index is 11.4. The molecule has 0 aliphatic rings. The molecule has 16 heavy (non-hydrogen) atoms. The second-order valence-corrected chi connectivity index (χ2v) is 3.77. The van der Waals surface area contributed by atoms with E-state index in [1.807, 2.05) is 14.0 Å². The van der Waals surface area contributed by atoms with Crippen LogP contribution in [0.1, 0.15) is 25.6 Å². The molecule has 0 aliphatic heterocycles. The summed E-state index contributed by atoms with van der Waals surface area (Å²) in [5.41, 5.74) is 5.66. The van der Waals surface area contributed by atoms with Gasteiger partial charge in [-0.3, -0.25) is 9.48 Å². The number of carbonyl (C=O) groups excluding carboxylic acids is 1. The molecule has 1 atom stereocenters. The highest BCUT2D eigenvalue weighted by Gasteiger charge is 2.11. The molecular formula is C10H19N5O. The first kappa shape index (κ1) is 12.6. The van der Waals surface area contributed by atoms with Crippen molar-refractivity contribution in [1.82, 2.24) is 20.1 Å². The van der Waals surface area contributed by atoms with Crippen molar-refractivity contribution in [3.63, 3.8) is 0 Å². The molecule has 90 valence electrons. The van der Waals surface area contributed by atoms with Crippen LogP contribution in [0.2, 0.25) is 0 Å². The van der Waals surface area contributed by atoms with Crippen molar-refractivity contribution in [2.45, 2.75) is 32.2 Å². The van der Waals surface area contributed by atoms with Crippen LogP contribution in [-0.2, 0) is 18.3 Å². The van der Waals surface area contributed by atoms with Gasteiger partial charge in [0.15, 0.2) is 5.82 Å². The number of amides is 1. The Balaban J connectivity index is 2.22. The number of nitrogens with one attached hydrogen (secondary N) is 1. The number of aryl methyl sites for hydroxylation is 1. The second kappa shape index (κ2) is 6.22. The molecule has 0 spiro atoms. The third-order valence-corrected chi connectivity index (χ3v) is 2.23. The SMILES string of the molecule is CCCC(N)C(=O)NCCc1ncn(C)n1. The topological polar surface area (TPSA) is 85.8 Å². The molecule has 1 heterocycles. The summed E-state index contributed by atoms with van der Waals surface area (Å²) >= 11 is 0. The zero-order valence-corrected chi connectivity index (χ0v) is 9.81. The van der Waals surface area contributed by atoms with Crippen molar-refractivity contribution in [3.8, 4) is 0 Å². The molecule has 0 aliphatic carbocycles. The van der Waals surface area contributed by atoms with Gasteiger partial charge >= 0.3 is 0 Å². The Labute approximate surface area is 95.2 Å². The zero-order chi connectivity index (χ0) is 12.0. The van der Waals surface area contributed by atoms with E-state index in [0.717, 1.165) is 12.2 Å². The van der Waals surface area contributed by atoms with Crippen LogP contribution in [0.3, 0.4) is 0 Å². The minimum atomic E-state index is -0.401. The molecule has 1 aromatic rings. The Morgan fingerprint density at radius 2 is 2.44 bits per heavy atom. The molecule has 0 fully saturated rings. The Morgan fingerprint density at radius 1 is 1.69 bits per heavy atom. The standard InChI is InChI=1S/C10H19N5O/c1-3-4-8(11)10(16)12-6-5-9-13-7-15(2)14-9/h7-8H,3-6,11H2,1-2H3,(H,12,16).